The van der Waals surface area contributed by atoms with Crippen LogP contribution in [0.2, 0.25) is 0 Å². The Hall–Kier alpha value is -1.42. The maximum atomic E-state index is 12.1. The Bertz CT molecular complexity index is 360. The van der Waals surface area contributed by atoms with Gasteiger partial charge in [-0.3, -0.25) is 9.78 Å². The third kappa shape index (κ3) is 3.27. The Balaban J connectivity index is 1.90. The molecule has 4 nitrogen and oxygen atoms in total. The molecule has 0 radical (unpaired) electrons. The summed E-state index contributed by atoms with van der Waals surface area (Å²) in [6.45, 7) is 1.72. The van der Waals surface area contributed by atoms with E-state index in [1.807, 2.05) is 17.0 Å². The van der Waals surface area contributed by atoms with Crippen molar-refractivity contribution in [2.24, 2.45) is 5.73 Å². The van der Waals surface area contributed by atoms with Gasteiger partial charge in [-0.25, -0.2) is 0 Å². The van der Waals surface area contributed by atoms with Gasteiger partial charge in [-0.2, -0.15) is 0 Å². The SMILES string of the molecule is NC(Cc1cccnc1)C(=O)N1CCCCC1. The zero-order chi connectivity index (χ0) is 12.1. The summed E-state index contributed by atoms with van der Waals surface area (Å²) < 4.78 is 0. The van der Waals surface area contributed by atoms with E-state index in [1.165, 1.54) is 6.42 Å². The predicted molar refractivity (Wildman–Crippen MR) is 66.3 cm³/mol. The van der Waals surface area contributed by atoms with Crippen LogP contribution in [0.5, 0.6) is 0 Å². The first-order valence-electron chi connectivity index (χ1n) is 6.20. The number of carbonyl (C=O) groups excluding carboxylic acids is 1. The van der Waals surface area contributed by atoms with Crippen molar-refractivity contribution >= 4 is 5.91 Å². The molecule has 92 valence electrons. The monoisotopic (exact) mass is 233 g/mol. The molecule has 2 N–H and O–H groups in total. The van der Waals surface area contributed by atoms with Gasteiger partial charge in [0.15, 0.2) is 0 Å². The van der Waals surface area contributed by atoms with Crippen LogP contribution in [0.15, 0.2) is 24.5 Å². The van der Waals surface area contributed by atoms with Gasteiger partial charge in [-0.05, 0) is 37.3 Å². The summed E-state index contributed by atoms with van der Waals surface area (Å²) in [4.78, 5) is 18.0. The molecule has 1 aliphatic heterocycles. The number of rotatable bonds is 3. The predicted octanol–water partition coefficient (Wildman–Crippen LogP) is 0.964. The van der Waals surface area contributed by atoms with E-state index in [0.717, 1.165) is 31.5 Å². The van der Waals surface area contributed by atoms with E-state index >= 15 is 0 Å². The van der Waals surface area contributed by atoms with Gasteiger partial charge < -0.3 is 10.6 Å². The molecule has 1 unspecified atom stereocenters. The van der Waals surface area contributed by atoms with Crippen LogP contribution in [-0.4, -0.2) is 34.9 Å². The Morgan fingerprint density at radius 2 is 2.18 bits per heavy atom. The molecule has 4 heteroatoms. The minimum atomic E-state index is -0.433. The van der Waals surface area contributed by atoms with Crippen LogP contribution in [-0.2, 0) is 11.2 Å². The highest BCUT2D eigenvalue weighted by atomic mass is 16.2. The maximum absolute atomic E-state index is 12.1. The smallest absolute Gasteiger partial charge is 0.239 e. The minimum absolute atomic E-state index is 0.0774. The van der Waals surface area contributed by atoms with Crippen molar-refractivity contribution < 1.29 is 4.79 Å². The summed E-state index contributed by atoms with van der Waals surface area (Å²) in [6.07, 6.45) is 7.49. The molecule has 0 saturated carbocycles. The lowest BCUT2D eigenvalue weighted by Crippen LogP contribution is -2.46. The van der Waals surface area contributed by atoms with E-state index in [4.69, 9.17) is 5.73 Å². The summed E-state index contributed by atoms with van der Waals surface area (Å²) in [6, 6.07) is 3.39. The number of amides is 1. The van der Waals surface area contributed by atoms with Gasteiger partial charge in [0, 0.05) is 25.5 Å². The molecule has 0 aromatic carbocycles. The van der Waals surface area contributed by atoms with Crippen LogP contribution < -0.4 is 5.73 Å². The number of hydrogen-bond donors (Lipinski definition) is 1. The molecule has 1 saturated heterocycles. The minimum Gasteiger partial charge on any atom is -0.341 e. The van der Waals surface area contributed by atoms with E-state index in [9.17, 15) is 4.79 Å². The summed E-state index contributed by atoms with van der Waals surface area (Å²) in [5, 5.41) is 0. The topological polar surface area (TPSA) is 59.2 Å². The third-order valence-corrected chi connectivity index (χ3v) is 3.16. The number of piperidine rings is 1. The molecule has 2 heterocycles. The summed E-state index contributed by atoms with van der Waals surface area (Å²) in [7, 11) is 0. The van der Waals surface area contributed by atoms with E-state index < -0.39 is 6.04 Å². The number of carbonyl (C=O) groups is 1. The van der Waals surface area contributed by atoms with Gasteiger partial charge >= 0.3 is 0 Å². The molecule has 0 bridgehead atoms. The fraction of sp³-hybridized carbons (Fsp3) is 0.538. The number of hydrogen-bond acceptors (Lipinski definition) is 3. The van der Waals surface area contributed by atoms with Gasteiger partial charge in [0.1, 0.15) is 0 Å². The Morgan fingerprint density at radius 1 is 1.41 bits per heavy atom. The average molecular weight is 233 g/mol. The van der Waals surface area contributed by atoms with E-state index in [0.29, 0.717) is 6.42 Å². The van der Waals surface area contributed by atoms with Crippen LogP contribution >= 0.6 is 0 Å². The highest BCUT2D eigenvalue weighted by molar-refractivity contribution is 5.82. The molecule has 1 aromatic rings. The summed E-state index contributed by atoms with van der Waals surface area (Å²) in [5.74, 6) is 0.0774. The maximum Gasteiger partial charge on any atom is 0.239 e. The average Bonchev–Trinajstić information content (AvgIpc) is 2.40. The molecule has 2 rings (SSSR count). The second kappa shape index (κ2) is 5.77. The third-order valence-electron chi connectivity index (χ3n) is 3.16. The quantitative estimate of drug-likeness (QED) is 0.846. The zero-order valence-electron chi connectivity index (χ0n) is 10.0. The second-order valence-corrected chi connectivity index (χ2v) is 4.56. The number of nitrogens with zero attached hydrogens (tertiary/aromatic N) is 2. The molecule has 17 heavy (non-hydrogen) atoms. The van der Waals surface area contributed by atoms with Crippen LogP contribution in [0.1, 0.15) is 24.8 Å². The van der Waals surface area contributed by atoms with Crippen LogP contribution in [0.3, 0.4) is 0 Å². The van der Waals surface area contributed by atoms with Crippen molar-refractivity contribution in [1.82, 2.24) is 9.88 Å². The fourth-order valence-electron chi connectivity index (χ4n) is 2.21. The Morgan fingerprint density at radius 3 is 2.82 bits per heavy atom. The lowest BCUT2D eigenvalue weighted by molar-refractivity contribution is -0.133. The lowest BCUT2D eigenvalue weighted by atomic mass is 10.1. The molecule has 1 amide bonds. The fourth-order valence-corrected chi connectivity index (χ4v) is 2.21. The van der Waals surface area contributed by atoms with Crippen molar-refractivity contribution in [3.63, 3.8) is 0 Å². The standard InChI is InChI=1S/C13H19N3O/c14-12(9-11-5-4-6-15-10-11)13(17)16-7-2-1-3-8-16/h4-6,10,12H,1-3,7-9,14H2. The van der Waals surface area contributed by atoms with Crippen molar-refractivity contribution in [1.29, 1.82) is 0 Å². The lowest BCUT2D eigenvalue weighted by Gasteiger charge is -2.29. The van der Waals surface area contributed by atoms with Gasteiger partial charge in [0.2, 0.25) is 5.91 Å². The summed E-state index contributed by atoms with van der Waals surface area (Å²) in [5.41, 5.74) is 6.98. The molecule has 0 aliphatic carbocycles. The molecule has 1 atom stereocenters. The van der Waals surface area contributed by atoms with Gasteiger partial charge in [0.05, 0.1) is 6.04 Å². The van der Waals surface area contributed by atoms with Gasteiger partial charge in [-0.1, -0.05) is 6.07 Å². The first kappa shape index (κ1) is 12.0. The van der Waals surface area contributed by atoms with Crippen LogP contribution in [0, 0.1) is 0 Å². The van der Waals surface area contributed by atoms with Crippen LogP contribution in [0.25, 0.3) is 0 Å². The van der Waals surface area contributed by atoms with E-state index in [-0.39, 0.29) is 5.91 Å². The first-order chi connectivity index (χ1) is 8.27. The molecule has 0 spiro atoms. The zero-order valence-corrected chi connectivity index (χ0v) is 10.0. The highest BCUT2D eigenvalue weighted by Crippen LogP contribution is 2.11. The molecule has 1 aromatic heterocycles. The van der Waals surface area contributed by atoms with E-state index in [1.54, 1.807) is 12.4 Å². The molecule has 1 aliphatic rings. The Labute approximate surface area is 102 Å². The number of likely N-dealkylation sites (tertiary alicyclic amines) is 1. The molecular formula is C13H19N3O. The number of nitrogens with two attached hydrogens (primary N) is 1. The number of pyridine rings is 1. The van der Waals surface area contributed by atoms with Gasteiger partial charge in [0.25, 0.3) is 0 Å². The van der Waals surface area contributed by atoms with E-state index in [2.05, 4.69) is 4.98 Å². The van der Waals surface area contributed by atoms with Crippen molar-refractivity contribution in [2.45, 2.75) is 31.7 Å². The highest BCUT2D eigenvalue weighted by Gasteiger charge is 2.22. The number of aromatic nitrogens is 1. The second-order valence-electron chi connectivity index (χ2n) is 4.56. The van der Waals surface area contributed by atoms with Gasteiger partial charge in [-0.15, -0.1) is 0 Å². The normalized spacial score (nSPS) is 17.8. The largest absolute Gasteiger partial charge is 0.341 e. The van der Waals surface area contributed by atoms with Crippen molar-refractivity contribution in [3.05, 3.63) is 30.1 Å². The first-order valence-corrected chi connectivity index (χ1v) is 6.20. The van der Waals surface area contributed by atoms with Crippen molar-refractivity contribution in [2.75, 3.05) is 13.1 Å². The molecule has 1 fully saturated rings. The van der Waals surface area contributed by atoms with Crippen molar-refractivity contribution in [3.8, 4) is 0 Å². The Kier molecular flexibility index (Phi) is 4.09. The summed E-state index contributed by atoms with van der Waals surface area (Å²) >= 11 is 0. The van der Waals surface area contributed by atoms with Crippen LogP contribution in [0.4, 0.5) is 0 Å². The molecular weight excluding hydrogens is 214 g/mol.